The third-order valence-corrected chi connectivity index (χ3v) is 3.86. The SMILES string of the molecule is O=C(Cn1cc(I)cn1)NCCc1c[nH]c2ccccc12. The molecule has 1 aromatic carbocycles. The molecular weight excluding hydrogens is 379 g/mol. The highest BCUT2D eigenvalue weighted by Gasteiger charge is 2.06. The van der Waals surface area contributed by atoms with Crippen molar-refractivity contribution < 1.29 is 4.79 Å². The molecule has 0 spiro atoms. The van der Waals surface area contributed by atoms with Gasteiger partial charge in [0.15, 0.2) is 0 Å². The van der Waals surface area contributed by atoms with Gasteiger partial charge in [0.25, 0.3) is 0 Å². The van der Waals surface area contributed by atoms with Gasteiger partial charge in [-0.1, -0.05) is 18.2 Å². The molecule has 0 aliphatic carbocycles. The summed E-state index contributed by atoms with van der Waals surface area (Å²) in [5.41, 5.74) is 2.35. The van der Waals surface area contributed by atoms with Crippen molar-refractivity contribution in [3.8, 4) is 0 Å². The van der Waals surface area contributed by atoms with Crippen LogP contribution in [0.15, 0.2) is 42.9 Å². The molecule has 108 valence electrons. The Morgan fingerprint density at radius 3 is 3.05 bits per heavy atom. The highest BCUT2D eigenvalue weighted by Crippen LogP contribution is 2.17. The number of rotatable bonds is 5. The Morgan fingerprint density at radius 2 is 2.24 bits per heavy atom. The Labute approximate surface area is 135 Å². The number of carbonyl (C=O) groups excluding carboxylic acids is 1. The fraction of sp³-hybridized carbons (Fsp3) is 0.200. The van der Waals surface area contributed by atoms with Gasteiger partial charge >= 0.3 is 0 Å². The maximum absolute atomic E-state index is 11.8. The second-order valence-corrected chi connectivity index (χ2v) is 6.06. The topological polar surface area (TPSA) is 62.7 Å². The number of nitrogens with one attached hydrogen (secondary N) is 2. The van der Waals surface area contributed by atoms with E-state index in [1.807, 2.05) is 24.5 Å². The average molecular weight is 394 g/mol. The van der Waals surface area contributed by atoms with Gasteiger partial charge in [-0.3, -0.25) is 9.48 Å². The van der Waals surface area contributed by atoms with Crippen molar-refractivity contribution >= 4 is 39.4 Å². The number of carbonyl (C=O) groups is 1. The number of nitrogens with zero attached hydrogens (tertiary/aromatic N) is 2. The molecule has 0 aliphatic rings. The molecule has 0 radical (unpaired) electrons. The second kappa shape index (κ2) is 6.30. The van der Waals surface area contributed by atoms with Crippen molar-refractivity contribution in [2.45, 2.75) is 13.0 Å². The van der Waals surface area contributed by atoms with Crippen molar-refractivity contribution in [1.29, 1.82) is 0 Å². The van der Waals surface area contributed by atoms with E-state index < -0.39 is 0 Å². The molecule has 2 N–H and O–H groups in total. The van der Waals surface area contributed by atoms with Crippen molar-refractivity contribution in [1.82, 2.24) is 20.1 Å². The zero-order valence-electron chi connectivity index (χ0n) is 11.3. The smallest absolute Gasteiger partial charge is 0.241 e. The van der Waals surface area contributed by atoms with Gasteiger partial charge in [0.2, 0.25) is 5.91 Å². The Balaban J connectivity index is 1.53. The number of hydrogen-bond donors (Lipinski definition) is 2. The van der Waals surface area contributed by atoms with Gasteiger partial charge in [-0.05, 0) is 40.6 Å². The van der Waals surface area contributed by atoms with E-state index in [1.54, 1.807) is 10.9 Å². The molecule has 0 aliphatic heterocycles. The van der Waals surface area contributed by atoms with E-state index in [0.29, 0.717) is 6.54 Å². The van der Waals surface area contributed by atoms with Gasteiger partial charge in [0, 0.05) is 29.8 Å². The molecule has 6 heteroatoms. The highest BCUT2D eigenvalue weighted by molar-refractivity contribution is 14.1. The van der Waals surface area contributed by atoms with Crippen LogP contribution in [-0.4, -0.2) is 27.2 Å². The molecule has 0 fully saturated rings. The standard InChI is InChI=1S/C15H15IN4O/c16-12-8-19-20(9-12)10-15(21)17-6-5-11-7-18-14-4-2-1-3-13(11)14/h1-4,7-9,18H,5-6,10H2,(H,17,21). The molecule has 2 heterocycles. The fourth-order valence-electron chi connectivity index (χ4n) is 2.30. The third-order valence-electron chi connectivity index (χ3n) is 3.30. The maximum Gasteiger partial charge on any atom is 0.241 e. The minimum atomic E-state index is -0.0191. The van der Waals surface area contributed by atoms with E-state index in [1.165, 1.54) is 10.9 Å². The zero-order chi connectivity index (χ0) is 14.7. The molecule has 2 aromatic heterocycles. The molecule has 3 rings (SSSR count). The predicted molar refractivity (Wildman–Crippen MR) is 90.0 cm³/mol. The normalized spacial score (nSPS) is 10.9. The summed E-state index contributed by atoms with van der Waals surface area (Å²) in [6.07, 6.45) is 6.40. The first-order valence-electron chi connectivity index (χ1n) is 6.72. The van der Waals surface area contributed by atoms with E-state index >= 15 is 0 Å². The van der Waals surface area contributed by atoms with E-state index in [0.717, 1.165) is 15.5 Å². The van der Waals surface area contributed by atoms with Gasteiger partial charge < -0.3 is 10.3 Å². The van der Waals surface area contributed by atoms with Crippen LogP contribution in [0.5, 0.6) is 0 Å². The first-order chi connectivity index (χ1) is 10.2. The third kappa shape index (κ3) is 3.44. The minimum absolute atomic E-state index is 0.0191. The van der Waals surface area contributed by atoms with Crippen LogP contribution < -0.4 is 5.32 Å². The number of aromatic amines is 1. The van der Waals surface area contributed by atoms with E-state index in [-0.39, 0.29) is 12.5 Å². The summed E-state index contributed by atoms with van der Waals surface area (Å²) in [6.45, 7) is 0.885. The average Bonchev–Trinajstić information content (AvgIpc) is 3.06. The number of aromatic nitrogens is 3. The quantitative estimate of drug-likeness (QED) is 0.653. The van der Waals surface area contributed by atoms with Gasteiger partial charge in [-0.25, -0.2) is 0 Å². The Morgan fingerprint density at radius 1 is 1.38 bits per heavy atom. The van der Waals surface area contributed by atoms with Crippen LogP contribution in [0.4, 0.5) is 0 Å². The maximum atomic E-state index is 11.8. The Bertz CT molecular complexity index is 762. The summed E-state index contributed by atoms with van der Waals surface area (Å²) in [5.74, 6) is -0.0191. The lowest BCUT2D eigenvalue weighted by Gasteiger charge is -2.05. The van der Waals surface area contributed by atoms with E-state index in [4.69, 9.17) is 0 Å². The number of amides is 1. The van der Waals surface area contributed by atoms with Gasteiger partial charge in [0.1, 0.15) is 6.54 Å². The molecule has 1 amide bonds. The van der Waals surface area contributed by atoms with Crippen LogP contribution in [-0.2, 0) is 17.8 Å². The monoisotopic (exact) mass is 394 g/mol. The fourth-order valence-corrected chi connectivity index (χ4v) is 2.75. The molecule has 0 atom stereocenters. The van der Waals surface area contributed by atoms with Gasteiger partial charge in [-0.2, -0.15) is 5.10 Å². The summed E-state index contributed by atoms with van der Waals surface area (Å²) < 4.78 is 2.67. The summed E-state index contributed by atoms with van der Waals surface area (Å²) in [5, 5.41) is 8.24. The lowest BCUT2D eigenvalue weighted by atomic mass is 10.1. The molecule has 3 aromatic rings. The molecule has 5 nitrogen and oxygen atoms in total. The van der Waals surface area contributed by atoms with Crippen LogP contribution in [0.1, 0.15) is 5.56 Å². The van der Waals surface area contributed by atoms with Crippen LogP contribution in [0.2, 0.25) is 0 Å². The largest absolute Gasteiger partial charge is 0.361 e. The van der Waals surface area contributed by atoms with E-state index in [2.05, 4.69) is 50.1 Å². The molecule has 0 unspecified atom stereocenters. The summed E-state index contributed by atoms with van der Waals surface area (Å²) in [7, 11) is 0. The van der Waals surface area contributed by atoms with Crippen molar-refractivity contribution in [3.63, 3.8) is 0 Å². The van der Waals surface area contributed by atoms with Crippen molar-refractivity contribution in [2.24, 2.45) is 0 Å². The van der Waals surface area contributed by atoms with Gasteiger partial charge in [-0.15, -0.1) is 0 Å². The first-order valence-corrected chi connectivity index (χ1v) is 7.80. The van der Waals surface area contributed by atoms with Crippen LogP contribution in [0.3, 0.4) is 0 Å². The summed E-state index contributed by atoms with van der Waals surface area (Å²) in [4.78, 5) is 15.1. The molecule has 0 saturated carbocycles. The highest BCUT2D eigenvalue weighted by atomic mass is 127. The Hall–Kier alpha value is -1.83. The molecular formula is C15H15IN4O. The van der Waals surface area contributed by atoms with Crippen molar-refractivity contribution in [3.05, 3.63) is 52.0 Å². The predicted octanol–water partition coefficient (Wildman–Crippen LogP) is 2.33. The zero-order valence-corrected chi connectivity index (χ0v) is 13.5. The molecule has 0 bridgehead atoms. The van der Waals surface area contributed by atoms with Crippen LogP contribution in [0, 0.1) is 3.57 Å². The molecule has 21 heavy (non-hydrogen) atoms. The van der Waals surface area contributed by atoms with Crippen molar-refractivity contribution in [2.75, 3.05) is 6.54 Å². The molecule has 0 saturated heterocycles. The Kier molecular flexibility index (Phi) is 4.23. The number of halogens is 1. The van der Waals surface area contributed by atoms with E-state index in [9.17, 15) is 4.79 Å². The lowest BCUT2D eigenvalue weighted by Crippen LogP contribution is -2.29. The number of H-pyrrole nitrogens is 1. The van der Waals surface area contributed by atoms with Crippen LogP contribution in [0.25, 0.3) is 10.9 Å². The first kappa shape index (κ1) is 14.1. The van der Waals surface area contributed by atoms with Crippen LogP contribution >= 0.6 is 22.6 Å². The summed E-state index contributed by atoms with van der Waals surface area (Å²) in [6, 6.07) is 8.18. The number of fused-ring (bicyclic) bond motifs is 1. The summed E-state index contributed by atoms with van der Waals surface area (Å²) >= 11 is 2.17. The second-order valence-electron chi connectivity index (χ2n) is 4.82. The lowest BCUT2D eigenvalue weighted by molar-refractivity contribution is -0.121. The minimum Gasteiger partial charge on any atom is -0.361 e. The number of hydrogen-bond acceptors (Lipinski definition) is 2. The number of para-hydroxylation sites is 1. The number of benzene rings is 1. The van der Waals surface area contributed by atoms with Gasteiger partial charge in [0.05, 0.1) is 9.77 Å².